The molecule has 29 heavy (non-hydrogen) atoms. The Labute approximate surface area is 165 Å². The maximum atomic E-state index is 12.9. The van der Waals surface area contributed by atoms with E-state index in [1.807, 2.05) is 0 Å². The van der Waals surface area contributed by atoms with Crippen molar-refractivity contribution in [2.45, 2.75) is 6.92 Å². The van der Waals surface area contributed by atoms with E-state index in [4.69, 9.17) is 0 Å². The fraction of sp³-hybridized carbons (Fsp3) is 0.150. The van der Waals surface area contributed by atoms with E-state index in [2.05, 4.69) is 5.32 Å². The van der Waals surface area contributed by atoms with E-state index in [0.717, 1.165) is 9.80 Å². The van der Waals surface area contributed by atoms with Gasteiger partial charge < -0.3 is 10.4 Å². The number of anilines is 2. The summed E-state index contributed by atoms with van der Waals surface area (Å²) in [6.45, 7) is -0.0639. The Hall–Kier alpha value is -4.01. The number of hydrogen-bond acceptors (Lipinski definition) is 5. The number of hydrogen-bond donors (Lipinski definition) is 2. The molecule has 0 saturated carbocycles. The van der Waals surface area contributed by atoms with Crippen molar-refractivity contribution in [3.8, 4) is 0 Å². The largest absolute Gasteiger partial charge is 0.480 e. The zero-order valence-electron chi connectivity index (χ0n) is 15.4. The van der Waals surface area contributed by atoms with Crippen LogP contribution in [0.15, 0.2) is 48.5 Å². The molecular weight excluding hydrogens is 378 g/mol. The third-order valence-corrected chi connectivity index (χ3v) is 4.27. The van der Waals surface area contributed by atoms with Crippen molar-refractivity contribution in [1.82, 2.24) is 4.90 Å². The first kappa shape index (κ1) is 19.7. The molecule has 1 aliphatic rings. The maximum Gasteiger partial charge on any atom is 0.323 e. The van der Waals surface area contributed by atoms with Crippen molar-refractivity contribution in [3.05, 3.63) is 59.7 Å². The molecule has 3 rings (SSSR count). The van der Waals surface area contributed by atoms with E-state index in [1.165, 1.54) is 31.2 Å². The lowest BCUT2D eigenvalue weighted by Crippen LogP contribution is -2.45. The summed E-state index contributed by atoms with van der Waals surface area (Å²) in [5, 5.41) is 11.8. The number of amides is 4. The molecule has 2 aromatic carbocycles. The number of carbonyl (C=O) groups excluding carboxylic acids is 4. The quantitative estimate of drug-likeness (QED) is 0.712. The molecule has 0 atom stereocenters. The van der Waals surface area contributed by atoms with Crippen LogP contribution >= 0.6 is 0 Å². The monoisotopic (exact) mass is 395 g/mol. The number of aliphatic carboxylic acids is 1. The molecule has 0 saturated heterocycles. The number of imide groups is 1. The Bertz CT molecular complexity index is 997. The highest BCUT2D eigenvalue weighted by Gasteiger charge is 2.37. The SMILES string of the molecule is CC(=O)Nc1ccccc1N(CC(=O)O)C(=O)CN1C(=O)c2ccccc2C1=O. The predicted octanol–water partition coefficient (Wildman–Crippen LogP) is 1.36. The Morgan fingerprint density at radius 3 is 2.07 bits per heavy atom. The van der Waals surface area contributed by atoms with Crippen LogP contribution in [-0.2, 0) is 14.4 Å². The first-order valence-electron chi connectivity index (χ1n) is 8.63. The van der Waals surface area contributed by atoms with E-state index in [-0.39, 0.29) is 22.5 Å². The molecule has 0 fully saturated rings. The molecule has 2 N–H and O–H groups in total. The number of carboxylic acid groups (broad SMARTS) is 1. The van der Waals surface area contributed by atoms with Crippen LogP contribution in [-0.4, -0.2) is 52.7 Å². The Morgan fingerprint density at radius 1 is 0.966 bits per heavy atom. The molecule has 0 bridgehead atoms. The highest BCUT2D eigenvalue weighted by molar-refractivity contribution is 6.23. The minimum absolute atomic E-state index is 0.145. The number of nitrogens with zero attached hydrogens (tertiary/aromatic N) is 2. The summed E-state index contributed by atoms with van der Waals surface area (Å²) < 4.78 is 0. The summed E-state index contributed by atoms with van der Waals surface area (Å²) >= 11 is 0. The molecular formula is C20H17N3O6. The van der Waals surface area contributed by atoms with Gasteiger partial charge in [-0.15, -0.1) is 0 Å². The highest BCUT2D eigenvalue weighted by atomic mass is 16.4. The minimum atomic E-state index is -1.29. The fourth-order valence-corrected chi connectivity index (χ4v) is 3.05. The fourth-order valence-electron chi connectivity index (χ4n) is 3.05. The van der Waals surface area contributed by atoms with E-state index < -0.39 is 42.7 Å². The van der Waals surface area contributed by atoms with Crippen LogP contribution < -0.4 is 10.2 Å². The summed E-state index contributed by atoms with van der Waals surface area (Å²) in [6.07, 6.45) is 0. The molecule has 0 aliphatic carbocycles. The molecule has 9 heteroatoms. The van der Waals surface area contributed by atoms with Crippen LogP contribution in [0.1, 0.15) is 27.6 Å². The number of fused-ring (bicyclic) bond motifs is 1. The average Bonchev–Trinajstić information content (AvgIpc) is 2.91. The summed E-state index contributed by atoms with van der Waals surface area (Å²) in [5.41, 5.74) is 0.756. The van der Waals surface area contributed by atoms with Gasteiger partial charge in [0.05, 0.1) is 22.5 Å². The van der Waals surface area contributed by atoms with E-state index in [1.54, 1.807) is 24.3 Å². The predicted molar refractivity (Wildman–Crippen MR) is 103 cm³/mol. The van der Waals surface area contributed by atoms with Crippen LogP contribution in [0.2, 0.25) is 0 Å². The van der Waals surface area contributed by atoms with Gasteiger partial charge in [0.2, 0.25) is 11.8 Å². The minimum Gasteiger partial charge on any atom is -0.480 e. The molecule has 1 aliphatic heterocycles. The number of carboxylic acids is 1. The van der Waals surface area contributed by atoms with Gasteiger partial charge in [0, 0.05) is 6.92 Å². The first-order valence-corrected chi connectivity index (χ1v) is 8.63. The average molecular weight is 395 g/mol. The van der Waals surface area contributed by atoms with E-state index >= 15 is 0 Å². The van der Waals surface area contributed by atoms with Gasteiger partial charge in [-0.1, -0.05) is 24.3 Å². The number of nitrogens with one attached hydrogen (secondary N) is 1. The second kappa shape index (κ2) is 7.93. The van der Waals surface area contributed by atoms with Gasteiger partial charge in [0.1, 0.15) is 13.1 Å². The van der Waals surface area contributed by atoms with Gasteiger partial charge in [-0.25, -0.2) is 0 Å². The van der Waals surface area contributed by atoms with Crippen LogP contribution in [0, 0.1) is 0 Å². The molecule has 0 aromatic heterocycles. The van der Waals surface area contributed by atoms with Crippen molar-refractivity contribution in [2.75, 3.05) is 23.3 Å². The summed E-state index contributed by atoms with van der Waals surface area (Å²) in [4.78, 5) is 62.4. The Balaban J connectivity index is 1.91. The van der Waals surface area contributed by atoms with Crippen LogP contribution in [0.3, 0.4) is 0 Å². The topological polar surface area (TPSA) is 124 Å². The van der Waals surface area contributed by atoms with Gasteiger partial charge in [0.15, 0.2) is 0 Å². The Morgan fingerprint density at radius 2 is 1.52 bits per heavy atom. The lowest BCUT2D eigenvalue weighted by molar-refractivity contribution is -0.136. The third kappa shape index (κ3) is 3.98. The molecule has 148 valence electrons. The second-order valence-corrected chi connectivity index (χ2v) is 6.31. The molecule has 4 amide bonds. The first-order chi connectivity index (χ1) is 13.8. The van der Waals surface area contributed by atoms with Crippen molar-refractivity contribution in [1.29, 1.82) is 0 Å². The number of carbonyl (C=O) groups is 5. The van der Waals surface area contributed by atoms with Crippen molar-refractivity contribution < 1.29 is 29.1 Å². The summed E-state index contributed by atoms with van der Waals surface area (Å²) in [7, 11) is 0. The molecule has 2 aromatic rings. The molecule has 0 radical (unpaired) electrons. The van der Waals surface area contributed by atoms with Gasteiger partial charge in [-0.2, -0.15) is 0 Å². The van der Waals surface area contributed by atoms with Gasteiger partial charge in [0.25, 0.3) is 11.8 Å². The van der Waals surface area contributed by atoms with Crippen molar-refractivity contribution >= 4 is 41.0 Å². The second-order valence-electron chi connectivity index (χ2n) is 6.31. The maximum absolute atomic E-state index is 12.9. The lowest BCUT2D eigenvalue weighted by Gasteiger charge is -2.25. The molecule has 1 heterocycles. The summed E-state index contributed by atoms with van der Waals surface area (Å²) in [6, 6.07) is 12.4. The highest BCUT2D eigenvalue weighted by Crippen LogP contribution is 2.27. The normalized spacial score (nSPS) is 12.5. The number of para-hydroxylation sites is 2. The number of rotatable bonds is 6. The zero-order chi connectivity index (χ0) is 21.1. The smallest absolute Gasteiger partial charge is 0.323 e. The van der Waals surface area contributed by atoms with E-state index in [0.29, 0.717) is 0 Å². The number of benzene rings is 2. The standard InChI is InChI=1S/C20H17N3O6/c1-12(24)21-15-8-4-5-9-16(15)22(11-18(26)27)17(25)10-23-19(28)13-6-2-3-7-14(13)20(23)29/h2-9H,10-11H2,1H3,(H,21,24)(H,26,27). The van der Waals surface area contributed by atoms with Crippen molar-refractivity contribution in [3.63, 3.8) is 0 Å². The third-order valence-electron chi connectivity index (χ3n) is 4.27. The lowest BCUT2D eigenvalue weighted by atomic mass is 10.1. The van der Waals surface area contributed by atoms with Gasteiger partial charge in [-0.3, -0.25) is 33.8 Å². The Kier molecular flexibility index (Phi) is 5.40. The van der Waals surface area contributed by atoms with E-state index in [9.17, 15) is 29.1 Å². The van der Waals surface area contributed by atoms with Gasteiger partial charge in [-0.05, 0) is 24.3 Å². The van der Waals surface area contributed by atoms with Gasteiger partial charge >= 0.3 is 5.97 Å². The summed E-state index contributed by atoms with van der Waals surface area (Å²) in [5.74, 6) is -3.72. The molecule has 0 unspecified atom stereocenters. The van der Waals surface area contributed by atoms with Crippen molar-refractivity contribution in [2.24, 2.45) is 0 Å². The molecule has 0 spiro atoms. The van der Waals surface area contributed by atoms with Crippen LogP contribution in [0.25, 0.3) is 0 Å². The zero-order valence-corrected chi connectivity index (χ0v) is 15.4. The van der Waals surface area contributed by atoms with Crippen LogP contribution in [0.5, 0.6) is 0 Å². The molecule has 9 nitrogen and oxygen atoms in total. The van der Waals surface area contributed by atoms with Crippen LogP contribution in [0.4, 0.5) is 11.4 Å².